The Labute approximate surface area is 116 Å². The lowest BCUT2D eigenvalue weighted by Crippen LogP contribution is -2.75. The molecule has 112 valence electrons. The fraction of sp³-hybridized carbons (Fsp3) is 0.857. The Bertz CT molecular complexity index is 444. The fourth-order valence-electron chi connectivity index (χ4n) is 3.79. The van der Waals surface area contributed by atoms with Gasteiger partial charge < -0.3 is 10.2 Å². The van der Waals surface area contributed by atoms with Gasteiger partial charge in [-0.3, -0.25) is 9.59 Å². The number of alkyl halides is 2. The zero-order valence-electron chi connectivity index (χ0n) is 11.6. The van der Waals surface area contributed by atoms with E-state index in [4.69, 9.17) is 0 Å². The van der Waals surface area contributed by atoms with Crippen molar-refractivity contribution in [3.63, 3.8) is 0 Å². The van der Waals surface area contributed by atoms with Gasteiger partial charge in [0.1, 0.15) is 11.1 Å². The minimum atomic E-state index is -2.61. The Balaban J connectivity index is 1.96. The molecule has 1 heterocycles. The summed E-state index contributed by atoms with van der Waals surface area (Å²) >= 11 is 0. The van der Waals surface area contributed by atoms with E-state index in [1.807, 2.05) is 0 Å². The summed E-state index contributed by atoms with van der Waals surface area (Å²) in [5.74, 6) is -0.454. The zero-order valence-corrected chi connectivity index (χ0v) is 11.6. The molecule has 4 nitrogen and oxygen atoms in total. The molecule has 0 aromatic carbocycles. The van der Waals surface area contributed by atoms with Crippen LogP contribution in [-0.2, 0) is 9.59 Å². The van der Waals surface area contributed by atoms with Gasteiger partial charge in [0, 0.05) is 0 Å². The molecule has 0 radical (unpaired) electrons. The van der Waals surface area contributed by atoms with Crippen LogP contribution in [0.2, 0.25) is 0 Å². The minimum absolute atomic E-state index is 0.0953. The van der Waals surface area contributed by atoms with Crippen LogP contribution in [-0.4, -0.2) is 40.8 Å². The normalized spacial score (nSPS) is 33.1. The van der Waals surface area contributed by atoms with E-state index in [-0.39, 0.29) is 17.7 Å². The van der Waals surface area contributed by atoms with E-state index < -0.39 is 24.0 Å². The fourth-order valence-corrected chi connectivity index (χ4v) is 3.79. The van der Waals surface area contributed by atoms with Gasteiger partial charge >= 0.3 is 0 Å². The molecule has 1 atom stereocenters. The topological polar surface area (TPSA) is 49.4 Å². The van der Waals surface area contributed by atoms with Gasteiger partial charge in [-0.05, 0) is 38.5 Å². The standard InChI is InChI=1S/C14H20F2N2O2/c1-13(9-4-5-9)12(20)18(8-10(15)16)14(11(19)17-13)6-2-3-7-14/h9-10H,2-8H2,1H3,(H,17,19). The van der Waals surface area contributed by atoms with Crippen LogP contribution in [0.25, 0.3) is 0 Å². The number of amides is 2. The molecule has 0 bridgehead atoms. The second-order valence-electron chi connectivity index (χ2n) is 6.48. The molecule has 1 saturated heterocycles. The third-order valence-electron chi connectivity index (χ3n) is 5.15. The molecular formula is C14H20F2N2O2. The highest BCUT2D eigenvalue weighted by Gasteiger charge is 2.61. The lowest BCUT2D eigenvalue weighted by atomic mass is 9.82. The van der Waals surface area contributed by atoms with Gasteiger partial charge in [-0.25, -0.2) is 8.78 Å². The van der Waals surface area contributed by atoms with Crippen LogP contribution < -0.4 is 5.32 Å². The third kappa shape index (κ3) is 1.84. The average Bonchev–Trinajstić information content (AvgIpc) is 3.12. The van der Waals surface area contributed by atoms with Gasteiger partial charge in [-0.15, -0.1) is 0 Å². The first kappa shape index (κ1) is 13.8. The van der Waals surface area contributed by atoms with Crippen molar-refractivity contribution in [2.45, 2.75) is 63.0 Å². The highest BCUT2D eigenvalue weighted by atomic mass is 19.3. The van der Waals surface area contributed by atoms with Crippen molar-refractivity contribution >= 4 is 11.8 Å². The molecule has 20 heavy (non-hydrogen) atoms. The van der Waals surface area contributed by atoms with Crippen LogP contribution in [0.1, 0.15) is 45.4 Å². The van der Waals surface area contributed by atoms with Crippen LogP contribution in [0.5, 0.6) is 0 Å². The van der Waals surface area contributed by atoms with Gasteiger partial charge in [-0.2, -0.15) is 0 Å². The second kappa shape index (κ2) is 4.40. The molecule has 1 N–H and O–H groups in total. The molecule has 3 rings (SSSR count). The van der Waals surface area contributed by atoms with E-state index in [1.165, 1.54) is 4.90 Å². The molecule has 1 unspecified atom stereocenters. The van der Waals surface area contributed by atoms with Crippen molar-refractivity contribution in [2.75, 3.05) is 6.54 Å². The first-order valence-electron chi connectivity index (χ1n) is 7.33. The van der Waals surface area contributed by atoms with Gasteiger partial charge in [0.25, 0.3) is 6.43 Å². The van der Waals surface area contributed by atoms with E-state index in [0.717, 1.165) is 25.7 Å². The van der Waals surface area contributed by atoms with Crippen LogP contribution in [0, 0.1) is 5.92 Å². The molecule has 2 saturated carbocycles. The molecular weight excluding hydrogens is 266 g/mol. The first-order valence-corrected chi connectivity index (χ1v) is 7.33. The maximum absolute atomic E-state index is 12.9. The predicted octanol–water partition coefficient (Wildman–Crippen LogP) is 1.69. The summed E-state index contributed by atoms with van der Waals surface area (Å²) in [6.45, 7) is 1.06. The molecule has 3 fully saturated rings. The number of halogens is 2. The number of hydrogen-bond donors (Lipinski definition) is 1. The van der Waals surface area contributed by atoms with E-state index >= 15 is 0 Å². The number of carbonyl (C=O) groups is 2. The van der Waals surface area contributed by atoms with Crippen molar-refractivity contribution in [1.29, 1.82) is 0 Å². The van der Waals surface area contributed by atoms with Crippen molar-refractivity contribution in [3.05, 3.63) is 0 Å². The maximum atomic E-state index is 12.9. The van der Waals surface area contributed by atoms with Gasteiger partial charge in [-0.1, -0.05) is 12.8 Å². The van der Waals surface area contributed by atoms with Gasteiger partial charge in [0.05, 0.1) is 6.54 Å². The van der Waals surface area contributed by atoms with Crippen LogP contribution in [0.3, 0.4) is 0 Å². The van der Waals surface area contributed by atoms with Crippen LogP contribution in [0.4, 0.5) is 8.78 Å². The van der Waals surface area contributed by atoms with E-state index in [9.17, 15) is 18.4 Å². The van der Waals surface area contributed by atoms with E-state index in [1.54, 1.807) is 6.92 Å². The van der Waals surface area contributed by atoms with Gasteiger partial charge in [0.2, 0.25) is 11.8 Å². The summed E-state index contributed by atoms with van der Waals surface area (Å²) < 4.78 is 25.8. The van der Waals surface area contributed by atoms with Crippen molar-refractivity contribution in [2.24, 2.45) is 5.92 Å². The van der Waals surface area contributed by atoms with E-state index in [2.05, 4.69) is 5.32 Å². The molecule has 1 aliphatic heterocycles. The number of piperazine rings is 1. The zero-order chi connectivity index (χ0) is 14.5. The smallest absolute Gasteiger partial charge is 0.255 e. The Morgan fingerprint density at radius 1 is 1.30 bits per heavy atom. The highest BCUT2D eigenvalue weighted by molar-refractivity contribution is 6.02. The number of nitrogens with zero attached hydrogens (tertiary/aromatic N) is 1. The summed E-state index contributed by atoms with van der Waals surface area (Å²) in [6.07, 6.45) is 1.75. The average molecular weight is 286 g/mol. The van der Waals surface area contributed by atoms with Crippen LogP contribution in [0.15, 0.2) is 0 Å². The van der Waals surface area contributed by atoms with E-state index in [0.29, 0.717) is 12.8 Å². The number of carbonyl (C=O) groups excluding carboxylic acids is 2. The molecule has 6 heteroatoms. The van der Waals surface area contributed by atoms with Crippen molar-refractivity contribution < 1.29 is 18.4 Å². The summed E-state index contributed by atoms with van der Waals surface area (Å²) in [5, 5.41) is 2.87. The summed E-state index contributed by atoms with van der Waals surface area (Å²) in [6, 6.07) is 0. The largest absolute Gasteiger partial charge is 0.340 e. The predicted molar refractivity (Wildman–Crippen MR) is 68.2 cm³/mol. The highest BCUT2D eigenvalue weighted by Crippen LogP contribution is 2.47. The molecule has 0 aromatic rings. The van der Waals surface area contributed by atoms with Crippen LogP contribution >= 0.6 is 0 Å². The van der Waals surface area contributed by atoms with Gasteiger partial charge in [0.15, 0.2) is 0 Å². The summed E-state index contributed by atoms with van der Waals surface area (Å²) in [5.41, 5.74) is -2.01. The Morgan fingerprint density at radius 2 is 1.90 bits per heavy atom. The third-order valence-corrected chi connectivity index (χ3v) is 5.15. The number of hydrogen-bond acceptors (Lipinski definition) is 2. The number of rotatable bonds is 3. The Kier molecular flexibility index (Phi) is 3.03. The Morgan fingerprint density at radius 3 is 2.40 bits per heavy atom. The van der Waals surface area contributed by atoms with Crippen molar-refractivity contribution in [1.82, 2.24) is 10.2 Å². The lowest BCUT2D eigenvalue weighted by molar-refractivity contribution is -0.166. The molecule has 1 spiro atoms. The monoisotopic (exact) mass is 286 g/mol. The summed E-state index contributed by atoms with van der Waals surface area (Å²) in [7, 11) is 0. The maximum Gasteiger partial charge on any atom is 0.255 e. The molecule has 2 amide bonds. The van der Waals surface area contributed by atoms with Crippen molar-refractivity contribution in [3.8, 4) is 0 Å². The Hall–Kier alpha value is -1.20. The first-order chi connectivity index (χ1) is 9.40. The lowest BCUT2D eigenvalue weighted by Gasteiger charge is -2.50. The molecule has 3 aliphatic rings. The molecule has 0 aromatic heterocycles. The quantitative estimate of drug-likeness (QED) is 0.858. The SMILES string of the molecule is CC1(C2CC2)NC(=O)C2(CCCC2)N(CC(F)F)C1=O. The summed E-state index contributed by atoms with van der Waals surface area (Å²) in [4.78, 5) is 26.5. The second-order valence-corrected chi connectivity index (χ2v) is 6.48. The number of nitrogens with one attached hydrogen (secondary N) is 1. The molecule has 2 aliphatic carbocycles. The minimum Gasteiger partial charge on any atom is -0.340 e.